The zero-order chi connectivity index (χ0) is 17.1. The van der Waals surface area contributed by atoms with Crippen LogP contribution < -0.4 is 20.1 Å². The van der Waals surface area contributed by atoms with Crippen LogP contribution in [0.4, 0.5) is 11.4 Å². The van der Waals surface area contributed by atoms with Crippen LogP contribution in [0.2, 0.25) is 0 Å². The first kappa shape index (κ1) is 15.9. The van der Waals surface area contributed by atoms with E-state index in [-0.39, 0.29) is 18.2 Å². The molecule has 24 heavy (non-hydrogen) atoms. The minimum Gasteiger partial charge on any atom is -0.497 e. The average molecular weight is 326 g/mol. The molecule has 6 nitrogen and oxygen atoms in total. The molecular formula is C18H18N2O4. The lowest BCUT2D eigenvalue weighted by atomic mass is 9.90. The largest absolute Gasteiger partial charge is 0.497 e. The molecule has 6 heteroatoms. The molecule has 0 bridgehead atoms. The highest BCUT2D eigenvalue weighted by Crippen LogP contribution is 2.33. The number of hydrogen-bond acceptors (Lipinski definition) is 4. The minimum atomic E-state index is -0.535. The van der Waals surface area contributed by atoms with Crippen molar-refractivity contribution in [2.24, 2.45) is 0 Å². The van der Waals surface area contributed by atoms with Crippen molar-refractivity contribution >= 4 is 23.2 Å². The number of amides is 2. The fraction of sp³-hybridized carbons (Fsp3) is 0.222. The van der Waals surface area contributed by atoms with Crippen molar-refractivity contribution in [1.82, 2.24) is 0 Å². The third kappa shape index (κ3) is 3.17. The lowest BCUT2D eigenvalue weighted by Gasteiger charge is -2.24. The van der Waals surface area contributed by atoms with Gasteiger partial charge in [-0.25, -0.2) is 0 Å². The molecule has 3 rings (SSSR count). The Kier molecular flexibility index (Phi) is 4.37. The van der Waals surface area contributed by atoms with Crippen LogP contribution in [-0.4, -0.2) is 26.0 Å². The van der Waals surface area contributed by atoms with Crippen molar-refractivity contribution in [1.29, 1.82) is 0 Å². The summed E-state index contributed by atoms with van der Waals surface area (Å²) in [4.78, 5) is 24.6. The Morgan fingerprint density at radius 1 is 1.12 bits per heavy atom. The predicted octanol–water partition coefficient (Wildman–Crippen LogP) is 2.77. The second-order valence-corrected chi connectivity index (χ2v) is 5.48. The highest BCUT2D eigenvalue weighted by molar-refractivity contribution is 6.05. The molecule has 0 spiro atoms. The number of carbonyl (C=O) groups is 2. The Balaban J connectivity index is 1.87. The van der Waals surface area contributed by atoms with E-state index >= 15 is 0 Å². The maximum Gasteiger partial charge on any atom is 0.232 e. The van der Waals surface area contributed by atoms with Crippen molar-refractivity contribution in [2.75, 3.05) is 24.9 Å². The first-order valence-corrected chi connectivity index (χ1v) is 7.53. The van der Waals surface area contributed by atoms with Crippen LogP contribution in [0.5, 0.6) is 11.5 Å². The molecule has 1 atom stereocenters. The summed E-state index contributed by atoms with van der Waals surface area (Å²) in [6.07, 6.45) is 0.115. The molecule has 1 aliphatic rings. The third-order valence-corrected chi connectivity index (χ3v) is 3.94. The van der Waals surface area contributed by atoms with E-state index in [0.29, 0.717) is 22.9 Å². The first-order valence-electron chi connectivity index (χ1n) is 7.53. The summed E-state index contributed by atoms with van der Waals surface area (Å²) >= 11 is 0. The number of para-hydroxylation sites is 1. The number of ether oxygens (including phenoxy) is 2. The molecule has 2 aromatic carbocycles. The number of benzene rings is 2. The van der Waals surface area contributed by atoms with Crippen LogP contribution in [0.15, 0.2) is 42.5 Å². The summed E-state index contributed by atoms with van der Waals surface area (Å²) in [6, 6.07) is 12.5. The number of rotatable bonds is 4. The summed E-state index contributed by atoms with van der Waals surface area (Å²) in [6.45, 7) is 0. The van der Waals surface area contributed by atoms with E-state index in [4.69, 9.17) is 9.47 Å². The van der Waals surface area contributed by atoms with E-state index in [0.717, 1.165) is 5.56 Å². The topological polar surface area (TPSA) is 76.7 Å². The Morgan fingerprint density at radius 3 is 2.46 bits per heavy atom. The number of anilines is 2. The molecule has 0 saturated heterocycles. The van der Waals surface area contributed by atoms with Gasteiger partial charge >= 0.3 is 0 Å². The van der Waals surface area contributed by atoms with Crippen LogP contribution in [0, 0.1) is 0 Å². The van der Waals surface area contributed by atoms with E-state index in [1.54, 1.807) is 38.5 Å². The molecule has 1 aliphatic heterocycles. The van der Waals surface area contributed by atoms with Gasteiger partial charge in [0.25, 0.3) is 0 Å². The number of fused-ring (bicyclic) bond motifs is 1. The van der Waals surface area contributed by atoms with Gasteiger partial charge in [0.1, 0.15) is 11.5 Å². The van der Waals surface area contributed by atoms with Crippen LogP contribution in [0.25, 0.3) is 0 Å². The maximum absolute atomic E-state index is 12.7. The van der Waals surface area contributed by atoms with E-state index in [2.05, 4.69) is 10.6 Å². The van der Waals surface area contributed by atoms with Crippen molar-refractivity contribution in [3.05, 3.63) is 48.0 Å². The molecule has 1 unspecified atom stereocenters. The fourth-order valence-corrected chi connectivity index (χ4v) is 2.75. The number of hydrogen-bond donors (Lipinski definition) is 2. The van der Waals surface area contributed by atoms with Gasteiger partial charge in [-0.1, -0.05) is 18.2 Å². The van der Waals surface area contributed by atoms with Gasteiger partial charge in [-0.3, -0.25) is 9.59 Å². The van der Waals surface area contributed by atoms with Crippen LogP contribution in [-0.2, 0) is 9.59 Å². The van der Waals surface area contributed by atoms with Gasteiger partial charge < -0.3 is 20.1 Å². The van der Waals surface area contributed by atoms with E-state index < -0.39 is 5.92 Å². The van der Waals surface area contributed by atoms with Crippen molar-refractivity contribution in [3.63, 3.8) is 0 Å². The van der Waals surface area contributed by atoms with Gasteiger partial charge in [0, 0.05) is 36.0 Å². The zero-order valence-corrected chi connectivity index (χ0v) is 13.5. The van der Waals surface area contributed by atoms with Crippen LogP contribution >= 0.6 is 0 Å². The summed E-state index contributed by atoms with van der Waals surface area (Å²) < 4.78 is 10.4. The van der Waals surface area contributed by atoms with Crippen molar-refractivity contribution in [3.8, 4) is 11.5 Å². The van der Waals surface area contributed by atoms with Crippen molar-refractivity contribution < 1.29 is 19.1 Å². The second-order valence-electron chi connectivity index (χ2n) is 5.48. The summed E-state index contributed by atoms with van der Waals surface area (Å²) in [5.41, 5.74) is 2.04. The molecule has 2 N–H and O–H groups in total. The summed E-state index contributed by atoms with van der Waals surface area (Å²) in [7, 11) is 3.09. The third-order valence-electron chi connectivity index (χ3n) is 3.94. The summed E-state index contributed by atoms with van der Waals surface area (Å²) in [5, 5.41) is 5.63. The Morgan fingerprint density at radius 2 is 1.79 bits per heavy atom. The highest BCUT2D eigenvalue weighted by atomic mass is 16.5. The van der Waals surface area contributed by atoms with E-state index in [1.165, 1.54) is 0 Å². The molecule has 2 amide bonds. The van der Waals surface area contributed by atoms with Gasteiger partial charge in [-0.05, 0) is 11.6 Å². The minimum absolute atomic E-state index is 0.115. The Labute approximate surface area is 139 Å². The van der Waals surface area contributed by atoms with Crippen LogP contribution in [0.3, 0.4) is 0 Å². The smallest absolute Gasteiger partial charge is 0.232 e. The first-order chi connectivity index (χ1) is 11.6. The Hall–Kier alpha value is -3.02. The van der Waals surface area contributed by atoms with E-state index in [1.807, 2.05) is 18.2 Å². The molecule has 0 fully saturated rings. The Bertz CT molecular complexity index is 766. The van der Waals surface area contributed by atoms with Gasteiger partial charge in [0.15, 0.2) is 0 Å². The monoisotopic (exact) mass is 326 g/mol. The van der Waals surface area contributed by atoms with Gasteiger partial charge in [0.05, 0.1) is 20.1 Å². The predicted molar refractivity (Wildman–Crippen MR) is 90.6 cm³/mol. The lowest BCUT2D eigenvalue weighted by Crippen LogP contribution is -2.30. The number of nitrogens with one attached hydrogen (secondary N) is 2. The second kappa shape index (κ2) is 6.62. The van der Waals surface area contributed by atoms with Gasteiger partial charge in [-0.15, -0.1) is 0 Å². The number of carbonyl (C=O) groups excluding carboxylic acids is 2. The standard InChI is InChI=1S/C18H18N2O4/c1-23-12-7-11(8-13(9-12)24-2)19-18(22)15-10-17(21)20-16-6-4-3-5-14(15)16/h3-9,15H,10H2,1-2H3,(H,19,22)(H,20,21). The summed E-state index contributed by atoms with van der Waals surface area (Å²) in [5.74, 6) is 0.203. The molecular weight excluding hydrogens is 308 g/mol. The van der Waals surface area contributed by atoms with Gasteiger partial charge in [-0.2, -0.15) is 0 Å². The number of methoxy groups -OCH3 is 2. The SMILES string of the molecule is COc1cc(NC(=O)C2CC(=O)Nc3ccccc32)cc(OC)c1. The van der Waals surface area contributed by atoms with Crippen molar-refractivity contribution in [2.45, 2.75) is 12.3 Å². The van der Waals surface area contributed by atoms with E-state index in [9.17, 15) is 9.59 Å². The zero-order valence-electron chi connectivity index (χ0n) is 13.5. The fourth-order valence-electron chi connectivity index (χ4n) is 2.75. The van der Waals surface area contributed by atoms with Gasteiger partial charge in [0.2, 0.25) is 11.8 Å². The maximum atomic E-state index is 12.7. The highest BCUT2D eigenvalue weighted by Gasteiger charge is 2.30. The molecule has 0 aromatic heterocycles. The molecule has 0 radical (unpaired) electrons. The normalized spacial score (nSPS) is 15.9. The average Bonchev–Trinajstić information content (AvgIpc) is 2.60. The lowest BCUT2D eigenvalue weighted by molar-refractivity contribution is -0.123. The molecule has 0 saturated carbocycles. The van der Waals surface area contributed by atoms with Crippen LogP contribution in [0.1, 0.15) is 17.9 Å². The quantitative estimate of drug-likeness (QED) is 0.906. The molecule has 2 aromatic rings. The molecule has 0 aliphatic carbocycles. The molecule has 1 heterocycles. The molecule has 124 valence electrons.